The molecule has 0 saturated carbocycles. The Labute approximate surface area is 110 Å². The molecule has 0 amide bonds. The van der Waals surface area contributed by atoms with Crippen LogP contribution < -0.4 is 0 Å². The topological polar surface area (TPSA) is 25.2 Å². The molecule has 1 aliphatic carbocycles. The average Bonchev–Trinajstić information content (AvgIpc) is 2.59. The molecule has 0 bridgehead atoms. The molecule has 0 atom stereocenters. The van der Waals surface area contributed by atoms with E-state index >= 15 is 0 Å². The van der Waals surface area contributed by atoms with Gasteiger partial charge in [0.15, 0.2) is 5.78 Å². The van der Waals surface area contributed by atoms with Crippen LogP contribution in [0.1, 0.15) is 42.7 Å². The lowest BCUT2D eigenvalue weighted by Gasteiger charge is -2.29. The van der Waals surface area contributed by atoms with Crippen molar-refractivity contribution in [3.63, 3.8) is 0 Å². The number of hydrogen-bond acceptors (Lipinski definition) is 2. The summed E-state index contributed by atoms with van der Waals surface area (Å²) in [5.74, 6) is 0.313. The fourth-order valence-electron chi connectivity index (χ4n) is 2.77. The van der Waals surface area contributed by atoms with Gasteiger partial charge in [-0.25, -0.2) is 0 Å². The van der Waals surface area contributed by atoms with E-state index in [1.807, 2.05) is 6.07 Å². The number of ketones is 1. The second-order valence-corrected chi connectivity index (χ2v) is 6.47. The van der Waals surface area contributed by atoms with Crippen molar-refractivity contribution in [1.82, 2.24) is 9.47 Å². The van der Waals surface area contributed by atoms with E-state index < -0.39 is 0 Å². The lowest BCUT2D eigenvalue weighted by Crippen LogP contribution is -2.28. The summed E-state index contributed by atoms with van der Waals surface area (Å²) < 4.78 is 2.28. The molecule has 1 aromatic rings. The number of fused-ring (bicyclic) bond motifs is 1. The van der Waals surface area contributed by atoms with Gasteiger partial charge in [-0.05, 0) is 45.0 Å². The van der Waals surface area contributed by atoms with Crippen LogP contribution >= 0.6 is 0 Å². The summed E-state index contributed by atoms with van der Waals surface area (Å²) in [4.78, 5) is 14.3. The molecule has 0 aromatic carbocycles. The Balaban J connectivity index is 2.13. The van der Waals surface area contributed by atoms with Gasteiger partial charge in [0.2, 0.25) is 0 Å². The van der Waals surface area contributed by atoms with E-state index in [2.05, 4.69) is 43.6 Å². The van der Waals surface area contributed by atoms with Gasteiger partial charge < -0.3 is 9.47 Å². The second kappa shape index (κ2) is 4.88. The number of carbonyl (C=O) groups excluding carboxylic acids is 1. The van der Waals surface area contributed by atoms with Crippen LogP contribution in [0.25, 0.3) is 0 Å². The lowest BCUT2D eigenvalue weighted by molar-refractivity contribution is 0.0910. The smallest absolute Gasteiger partial charge is 0.165 e. The normalized spacial score (nSPS) is 18.2. The second-order valence-electron chi connectivity index (χ2n) is 6.47. The van der Waals surface area contributed by atoms with E-state index in [1.165, 1.54) is 5.69 Å². The van der Waals surface area contributed by atoms with E-state index in [9.17, 15) is 4.79 Å². The fraction of sp³-hybridized carbons (Fsp3) is 0.667. The van der Waals surface area contributed by atoms with E-state index in [4.69, 9.17) is 0 Å². The molecule has 1 aromatic heterocycles. The molecule has 0 spiro atoms. The number of rotatable bonds is 4. The average molecular weight is 248 g/mol. The van der Waals surface area contributed by atoms with Gasteiger partial charge in [-0.15, -0.1) is 0 Å². The van der Waals surface area contributed by atoms with Crippen LogP contribution in [0.3, 0.4) is 0 Å². The highest BCUT2D eigenvalue weighted by atomic mass is 16.1. The molecule has 1 heterocycles. The van der Waals surface area contributed by atoms with Gasteiger partial charge in [-0.3, -0.25) is 4.79 Å². The zero-order valence-electron chi connectivity index (χ0n) is 12.0. The highest BCUT2D eigenvalue weighted by Crippen LogP contribution is 2.35. The molecule has 0 saturated heterocycles. The molecule has 2 rings (SSSR count). The standard InChI is InChI=1S/C15H24N2O/c1-15(2)10-13-12(14(18)11-15)6-9-17(13)8-5-7-16(3)4/h6,9H,5,7-8,10-11H2,1-4H3. The van der Waals surface area contributed by atoms with Crippen LogP contribution in [0.4, 0.5) is 0 Å². The van der Waals surface area contributed by atoms with Crippen molar-refractivity contribution < 1.29 is 4.79 Å². The molecule has 0 N–H and O–H groups in total. The molecule has 1 aliphatic rings. The SMILES string of the molecule is CN(C)CCCn1ccc2c1CC(C)(C)CC2=O. The molecule has 0 aliphatic heterocycles. The number of nitrogens with zero attached hydrogens (tertiary/aromatic N) is 2. The maximum atomic E-state index is 12.1. The van der Waals surface area contributed by atoms with Gasteiger partial charge in [-0.1, -0.05) is 13.8 Å². The summed E-state index contributed by atoms with van der Waals surface area (Å²) in [6.45, 7) is 6.47. The molecular weight excluding hydrogens is 224 g/mol. The van der Waals surface area contributed by atoms with Crippen LogP contribution in [0.5, 0.6) is 0 Å². The third kappa shape index (κ3) is 2.83. The van der Waals surface area contributed by atoms with Gasteiger partial charge in [0.05, 0.1) is 0 Å². The summed E-state index contributed by atoms with van der Waals surface area (Å²) in [5, 5.41) is 0. The maximum absolute atomic E-state index is 12.1. The summed E-state index contributed by atoms with van der Waals surface area (Å²) >= 11 is 0. The Hall–Kier alpha value is -1.09. The van der Waals surface area contributed by atoms with E-state index in [-0.39, 0.29) is 5.41 Å². The predicted molar refractivity (Wildman–Crippen MR) is 74.0 cm³/mol. The number of Topliss-reactive ketones (excluding diaryl/α,β-unsaturated/α-hetero) is 1. The summed E-state index contributed by atoms with van der Waals surface area (Å²) in [6, 6.07) is 2.00. The molecule has 3 nitrogen and oxygen atoms in total. The van der Waals surface area contributed by atoms with E-state index in [1.54, 1.807) is 0 Å². The molecule has 0 unspecified atom stereocenters. The van der Waals surface area contributed by atoms with Gasteiger partial charge in [0.1, 0.15) is 0 Å². The minimum atomic E-state index is 0.113. The minimum Gasteiger partial charge on any atom is -0.351 e. The van der Waals surface area contributed by atoms with Gasteiger partial charge in [0.25, 0.3) is 0 Å². The molecule has 0 fully saturated rings. The number of hydrogen-bond donors (Lipinski definition) is 0. The molecular formula is C15H24N2O. The molecule has 100 valence electrons. The van der Waals surface area contributed by atoms with E-state index in [0.29, 0.717) is 12.2 Å². The Morgan fingerprint density at radius 2 is 2.06 bits per heavy atom. The van der Waals surface area contributed by atoms with Crippen molar-refractivity contribution in [2.24, 2.45) is 5.41 Å². The third-order valence-electron chi connectivity index (χ3n) is 3.67. The van der Waals surface area contributed by atoms with Crippen molar-refractivity contribution >= 4 is 5.78 Å². The highest BCUT2D eigenvalue weighted by Gasteiger charge is 2.32. The quantitative estimate of drug-likeness (QED) is 0.818. The van der Waals surface area contributed by atoms with Crippen LogP contribution in [-0.2, 0) is 13.0 Å². The fourth-order valence-corrected chi connectivity index (χ4v) is 2.77. The predicted octanol–water partition coefficient (Wildman–Crippen LogP) is 2.59. The number of carbonyl (C=O) groups is 1. The van der Waals surface area contributed by atoms with Crippen molar-refractivity contribution in [1.29, 1.82) is 0 Å². The van der Waals surface area contributed by atoms with Crippen molar-refractivity contribution in [2.45, 2.75) is 39.7 Å². The van der Waals surface area contributed by atoms with Gasteiger partial charge >= 0.3 is 0 Å². The first-order chi connectivity index (χ1) is 8.39. The summed E-state index contributed by atoms with van der Waals surface area (Å²) in [7, 11) is 4.19. The zero-order chi connectivity index (χ0) is 13.3. The first-order valence-corrected chi connectivity index (χ1v) is 6.75. The highest BCUT2D eigenvalue weighted by molar-refractivity contribution is 5.98. The Bertz CT molecular complexity index is 443. The number of aromatic nitrogens is 1. The first-order valence-electron chi connectivity index (χ1n) is 6.75. The lowest BCUT2D eigenvalue weighted by atomic mass is 9.76. The Morgan fingerprint density at radius 3 is 2.72 bits per heavy atom. The third-order valence-corrected chi connectivity index (χ3v) is 3.67. The van der Waals surface area contributed by atoms with Crippen molar-refractivity contribution in [3.05, 3.63) is 23.5 Å². The van der Waals surface area contributed by atoms with Crippen molar-refractivity contribution in [3.8, 4) is 0 Å². The first kappa shape index (κ1) is 13.3. The summed E-state index contributed by atoms with van der Waals surface area (Å²) in [5.41, 5.74) is 2.32. The van der Waals surface area contributed by atoms with Gasteiger partial charge in [0, 0.05) is 30.4 Å². The van der Waals surface area contributed by atoms with Crippen LogP contribution in [0.2, 0.25) is 0 Å². The maximum Gasteiger partial charge on any atom is 0.165 e. The monoisotopic (exact) mass is 248 g/mol. The van der Waals surface area contributed by atoms with Gasteiger partial charge in [-0.2, -0.15) is 0 Å². The van der Waals surface area contributed by atoms with E-state index in [0.717, 1.165) is 31.5 Å². The largest absolute Gasteiger partial charge is 0.351 e. The zero-order valence-corrected chi connectivity index (χ0v) is 12.0. The minimum absolute atomic E-state index is 0.113. The van der Waals surface area contributed by atoms with Crippen LogP contribution in [0.15, 0.2) is 12.3 Å². The van der Waals surface area contributed by atoms with Crippen LogP contribution in [0, 0.1) is 5.41 Å². The molecule has 3 heteroatoms. The Morgan fingerprint density at radius 1 is 1.33 bits per heavy atom. The van der Waals surface area contributed by atoms with Crippen molar-refractivity contribution in [2.75, 3.05) is 20.6 Å². The molecule has 0 radical (unpaired) electrons. The summed E-state index contributed by atoms with van der Waals surface area (Å²) in [6.07, 6.45) is 4.91. The molecule has 18 heavy (non-hydrogen) atoms. The Kier molecular flexibility index (Phi) is 3.62. The van der Waals surface area contributed by atoms with Crippen LogP contribution in [-0.4, -0.2) is 35.9 Å². The number of aryl methyl sites for hydroxylation is 1.